The molecule has 0 spiro atoms. The molecule has 0 bridgehead atoms. The zero-order valence-corrected chi connectivity index (χ0v) is 12.3. The van der Waals surface area contributed by atoms with Gasteiger partial charge in [0.15, 0.2) is 0 Å². The third kappa shape index (κ3) is 2.99. The van der Waals surface area contributed by atoms with Crippen molar-refractivity contribution < 1.29 is 0 Å². The topological polar surface area (TPSA) is 19.4 Å². The van der Waals surface area contributed by atoms with E-state index in [2.05, 4.69) is 41.1 Å². The Morgan fingerprint density at radius 2 is 2.35 bits per heavy atom. The summed E-state index contributed by atoms with van der Waals surface area (Å²) >= 11 is 7.52. The lowest BCUT2D eigenvalue weighted by atomic mass is 10.1. The predicted molar refractivity (Wildman–Crippen MR) is 73.8 cm³/mol. The summed E-state index contributed by atoms with van der Waals surface area (Å²) in [5.41, 5.74) is 1.00. The maximum absolute atomic E-state index is 5.80. The van der Waals surface area contributed by atoms with Gasteiger partial charge in [0.2, 0.25) is 0 Å². The molecule has 1 saturated heterocycles. The van der Waals surface area contributed by atoms with Gasteiger partial charge in [-0.25, -0.2) is 4.98 Å². The molecule has 0 N–H and O–H groups in total. The molecule has 0 radical (unpaired) electrons. The summed E-state index contributed by atoms with van der Waals surface area (Å²) in [4.78, 5) is 9.51. The van der Waals surface area contributed by atoms with Crippen molar-refractivity contribution in [2.75, 3.05) is 26.7 Å². The molecule has 1 aromatic rings. The van der Waals surface area contributed by atoms with Crippen LogP contribution in [-0.2, 0) is 5.88 Å². The quantitative estimate of drug-likeness (QED) is 0.789. The molecule has 0 aromatic carbocycles. The number of hydrogen-bond acceptors (Lipinski definition) is 4. The average Bonchev–Trinajstić information content (AvgIpc) is 2.80. The Balaban J connectivity index is 2.02. The Labute approximate surface area is 112 Å². The number of rotatable bonds is 3. The van der Waals surface area contributed by atoms with E-state index in [0.717, 1.165) is 25.3 Å². The summed E-state index contributed by atoms with van der Waals surface area (Å²) in [7, 11) is 2.20. The van der Waals surface area contributed by atoms with Crippen LogP contribution in [0.3, 0.4) is 0 Å². The Hall–Kier alpha value is -0.160. The van der Waals surface area contributed by atoms with Crippen LogP contribution in [0.15, 0.2) is 5.38 Å². The van der Waals surface area contributed by atoms with Crippen molar-refractivity contribution in [2.45, 2.75) is 31.8 Å². The maximum atomic E-state index is 5.80. The lowest BCUT2D eigenvalue weighted by Crippen LogP contribution is -2.50. The molecule has 0 amide bonds. The molecule has 2 heterocycles. The highest BCUT2D eigenvalue weighted by atomic mass is 35.5. The minimum absolute atomic E-state index is 0.410. The van der Waals surface area contributed by atoms with Gasteiger partial charge in [-0.15, -0.1) is 22.9 Å². The molecule has 0 aliphatic carbocycles. The molecule has 17 heavy (non-hydrogen) atoms. The molecule has 2 atom stereocenters. The molecule has 1 aromatic heterocycles. The highest BCUT2D eigenvalue weighted by Crippen LogP contribution is 2.26. The van der Waals surface area contributed by atoms with Crippen molar-refractivity contribution in [1.29, 1.82) is 0 Å². The minimum atomic E-state index is 0.410. The highest BCUT2D eigenvalue weighted by Gasteiger charge is 2.26. The van der Waals surface area contributed by atoms with Crippen LogP contribution in [0.2, 0.25) is 0 Å². The molecule has 3 nitrogen and oxygen atoms in total. The lowest BCUT2D eigenvalue weighted by Gasteiger charge is -2.40. The third-order valence-electron chi connectivity index (χ3n) is 3.60. The lowest BCUT2D eigenvalue weighted by molar-refractivity contribution is 0.0773. The van der Waals surface area contributed by atoms with E-state index >= 15 is 0 Å². The second-order valence-corrected chi connectivity index (χ2v) is 5.97. The second-order valence-electron chi connectivity index (χ2n) is 4.81. The van der Waals surface area contributed by atoms with E-state index < -0.39 is 0 Å². The van der Waals surface area contributed by atoms with Gasteiger partial charge < -0.3 is 4.90 Å². The van der Waals surface area contributed by atoms with Crippen LogP contribution < -0.4 is 0 Å². The van der Waals surface area contributed by atoms with E-state index in [9.17, 15) is 0 Å². The molecular formula is C12H20ClN3S. The largest absolute Gasteiger partial charge is 0.301 e. The Kier molecular flexibility index (Phi) is 4.42. The number of nitrogens with zero attached hydrogens (tertiary/aromatic N) is 3. The summed E-state index contributed by atoms with van der Waals surface area (Å²) in [6, 6.07) is 1.03. The Morgan fingerprint density at radius 3 is 2.94 bits per heavy atom. The van der Waals surface area contributed by atoms with Gasteiger partial charge in [-0.3, -0.25) is 4.90 Å². The fraction of sp³-hybridized carbons (Fsp3) is 0.750. The van der Waals surface area contributed by atoms with Gasteiger partial charge in [-0.05, 0) is 20.9 Å². The summed E-state index contributed by atoms with van der Waals surface area (Å²) in [5.74, 6) is 0.516. The third-order valence-corrected chi connectivity index (χ3v) is 4.94. The monoisotopic (exact) mass is 273 g/mol. The zero-order chi connectivity index (χ0) is 12.4. The molecule has 2 rings (SSSR count). The van der Waals surface area contributed by atoms with E-state index in [1.165, 1.54) is 5.01 Å². The van der Waals surface area contributed by atoms with Crippen LogP contribution in [0, 0.1) is 0 Å². The van der Waals surface area contributed by atoms with Gasteiger partial charge in [0.1, 0.15) is 5.01 Å². The number of hydrogen-bond donors (Lipinski definition) is 0. The van der Waals surface area contributed by atoms with Crippen molar-refractivity contribution in [3.63, 3.8) is 0 Å². The number of halogens is 1. The van der Waals surface area contributed by atoms with E-state index in [4.69, 9.17) is 11.6 Å². The van der Waals surface area contributed by atoms with Crippen LogP contribution in [0.1, 0.15) is 30.6 Å². The number of thiazole rings is 1. The van der Waals surface area contributed by atoms with Gasteiger partial charge in [-0.1, -0.05) is 0 Å². The van der Waals surface area contributed by atoms with E-state index in [1.807, 2.05) is 0 Å². The van der Waals surface area contributed by atoms with Gasteiger partial charge in [0.05, 0.1) is 17.6 Å². The summed E-state index contributed by atoms with van der Waals surface area (Å²) in [6.07, 6.45) is 0. The molecular weight excluding hydrogens is 254 g/mol. The van der Waals surface area contributed by atoms with Crippen molar-refractivity contribution >= 4 is 22.9 Å². The van der Waals surface area contributed by atoms with Crippen LogP contribution in [-0.4, -0.2) is 47.5 Å². The first kappa shape index (κ1) is 13.3. The molecule has 96 valence electrons. The van der Waals surface area contributed by atoms with Crippen LogP contribution in [0.5, 0.6) is 0 Å². The molecule has 1 aliphatic heterocycles. The van der Waals surface area contributed by atoms with Gasteiger partial charge in [0.25, 0.3) is 0 Å². The zero-order valence-electron chi connectivity index (χ0n) is 10.7. The average molecular weight is 274 g/mol. The molecule has 1 aliphatic rings. The number of alkyl halides is 1. The fourth-order valence-corrected chi connectivity index (χ4v) is 3.30. The standard InChI is InChI=1S/C12H20ClN3S/c1-9-7-16(5-4-15(9)3)10(2)12-14-11(6-13)8-17-12/h8-10H,4-7H2,1-3H3. The SMILES string of the molecule is CC1CN(C(C)c2nc(CCl)cs2)CCN1C. The first-order chi connectivity index (χ1) is 8.11. The summed E-state index contributed by atoms with van der Waals surface area (Å²) < 4.78 is 0. The molecule has 1 fully saturated rings. The van der Waals surface area contributed by atoms with Gasteiger partial charge in [-0.2, -0.15) is 0 Å². The minimum Gasteiger partial charge on any atom is -0.301 e. The maximum Gasteiger partial charge on any atom is 0.110 e. The van der Waals surface area contributed by atoms with Crippen LogP contribution in [0.4, 0.5) is 0 Å². The van der Waals surface area contributed by atoms with Crippen LogP contribution >= 0.6 is 22.9 Å². The number of aromatic nitrogens is 1. The Bertz CT molecular complexity index is 368. The van der Waals surface area contributed by atoms with Gasteiger partial charge in [0, 0.05) is 31.1 Å². The molecule has 2 unspecified atom stereocenters. The van der Waals surface area contributed by atoms with Crippen molar-refractivity contribution in [3.8, 4) is 0 Å². The highest BCUT2D eigenvalue weighted by molar-refractivity contribution is 7.09. The number of likely N-dealkylation sites (N-methyl/N-ethyl adjacent to an activating group) is 1. The molecule has 0 saturated carbocycles. The molecule has 5 heteroatoms. The van der Waals surface area contributed by atoms with E-state index in [-0.39, 0.29) is 0 Å². The fourth-order valence-electron chi connectivity index (χ4n) is 2.16. The predicted octanol–water partition coefficient (Wildman–Crippen LogP) is 2.58. The van der Waals surface area contributed by atoms with Gasteiger partial charge >= 0.3 is 0 Å². The summed E-state index contributed by atoms with van der Waals surface area (Å²) in [5, 5.41) is 3.26. The van der Waals surface area contributed by atoms with Crippen molar-refractivity contribution in [1.82, 2.24) is 14.8 Å². The van der Waals surface area contributed by atoms with Crippen molar-refractivity contribution in [2.24, 2.45) is 0 Å². The van der Waals surface area contributed by atoms with Crippen LogP contribution in [0.25, 0.3) is 0 Å². The Morgan fingerprint density at radius 1 is 1.59 bits per heavy atom. The first-order valence-electron chi connectivity index (χ1n) is 6.06. The number of piperazine rings is 1. The second kappa shape index (κ2) is 5.65. The van der Waals surface area contributed by atoms with E-state index in [0.29, 0.717) is 18.0 Å². The summed E-state index contributed by atoms with van der Waals surface area (Å²) in [6.45, 7) is 7.91. The van der Waals surface area contributed by atoms with E-state index in [1.54, 1.807) is 11.3 Å². The first-order valence-corrected chi connectivity index (χ1v) is 7.47. The smallest absolute Gasteiger partial charge is 0.110 e. The van der Waals surface area contributed by atoms with Crippen molar-refractivity contribution in [3.05, 3.63) is 16.1 Å². The normalized spacial score (nSPS) is 25.1.